The van der Waals surface area contributed by atoms with Gasteiger partial charge in [-0.15, -0.1) is 0 Å². The summed E-state index contributed by atoms with van der Waals surface area (Å²) in [7, 11) is 0. The topological polar surface area (TPSA) is 58.6 Å². The van der Waals surface area contributed by atoms with E-state index in [0.717, 1.165) is 10.8 Å². The summed E-state index contributed by atoms with van der Waals surface area (Å²) in [6.45, 7) is 2.86. The first-order valence-electron chi connectivity index (χ1n) is 6.31. The molecule has 2 N–H and O–H groups in total. The molecule has 0 bridgehead atoms. The van der Waals surface area contributed by atoms with E-state index in [1.165, 1.54) is 0 Å². The van der Waals surface area contributed by atoms with E-state index in [0.29, 0.717) is 25.3 Å². The highest BCUT2D eigenvalue weighted by Gasteiger charge is 2.02. The molecule has 2 aromatic rings. The van der Waals surface area contributed by atoms with Gasteiger partial charge in [0.05, 0.1) is 13.0 Å². The maximum absolute atomic E-state index is 11.3. The van der Waals surface area contributed by atoms with Gasteiger partial charge in [-0.3, -0.25) is 4.79 Å². The van der Waals surface area contributed by atoms with Crippen molar-refractivity contribution in [1.29, 1.82) is 0 Å². The van der Waals surface area contributed by atoms with Crippen LogP contribution < -0.4 is 10.1 Å². The molecule has 0 unspecified atom stereocenters. The minimum Gasteiger partial charge on any atom is -0.508 e. The second-order valence-corrected chi connectivity index (χ2v) is 4.25. The van der Waals surface area contributed by atoms with Crippen molar-refractivity contribution in [3.8, 4) is 11.5 Å². The lowest BCUT2D eigenvalue weighted by molar-refractivity contribution is -0.121. The Kier molecular flexibility index (Phi) is 4.23. The zero-order chi connectivity index (χ0) is 13.7. The van der Waals surface area contributed by atoms with Crippen LogP contribution in [0.25, 0.3) is 10.8 Å². The van der Waals surface area contributed by atoms with Crippen molar-refractivity contribution in [2.24, 2.45) is 0 Å². The first-order valence-corrected chi connectivity index (χ1v) is 6.31. The van der Waals surface area contributed by atoms with E-state index in [2.05, 4.69) is 5.32 Å². The molecule has 0 saturated heterocycles. The normalized spacial score (nSPS) is 10.4. The molecule has 0 aromatic heterocycles. The predicted molar refractivity (Wildman–Crippen MR) is 74.4 cm³/mol. The predicted octanol–water partition coefficient (Wildman–Crippen LogP) is 2.45. The molecule has 1 amide bonds. The third-order valence-corrected chi connectivity index (χ3v) is 2.77. The van der Waals surface area contributed by atoms with Crippen LogP contribution in [0.2, 0.25) is 0 Å². The standard InChI is InChI=1S/C15H17NO3/c1-2-16-15(18)7-8-19-14-6-4-11-3-5-13(17)9-12(11)10-14/h3-6,9-10,17H,2,7-8H2,1H3,(H,16,18). The molecule has 0 aliphatic heterocycles. The first-order chi connectivity index (χ1) is 9.19. The highest BCUT2D eigenvalue weighted by molar-refractivity contribution is 5.85. The Bertz CT molecular complexity index is 581. The molecule has 4 heteroatoms. The SMILES string of the molecule is CCNC(=O)CCOc1ccc2ccc(O)cc2c1. The van der Waals surface area contributed by atoms with Crippen LogP contribution in [-0.2, 0) is 4.79 Å². The van der Waals surface area contributed by atoms with E-state index in [1.807, 2.05) is 31.2 Å². The van der Waals surface area contributed by atoms with Crippen LogP contribution in [0.3, 0.4) is 0 Å². The maximum atomic E-state index is 11.3. The van der Waals surface area contributed by atoms with Gasteiger partial charge in [0, 0.05) is 6.54 Å². The number of benzene rings is 2. The summed E-state index contributed by atoms with van der Waals surface area (Å²) in [6.07, 6.45) is 0.339. The fourth-order valence-electron chi connectivity index (χ4n) is 1.85. The van der Waals surface area contributed by atoms with Gasteiger partial charge in [-0.05, 0) is 42.0 Å². The van der Waals surface area contributed by atoms with Gasteiger partial charge < -0.3 is 15.2 Å². The Morgan fingerprint density at radius 3 is 2.79 bits per heavy atom. The van der Waals surface area contributed by atoms with Crippen LogP contribution in [0.4, 0.5) is 0 Å². The fraction of sp³-hybridized carbons (Fsp3) is 0.267. The lowest BCUT2D eigenvalue weighted by Crippen LogP contribution is -2.24. The Morgan fingerprint density at radius 2 is 2.00 bits per heavy atom. The Labute approximate surface area is 112 Å². The van der Waals surface area contributed by atoms with Crippen molar-refractivity contribution in [3.63, 3.8) is 0 Å². The first kappa shape index (κ1) is 13.2. The van der Waals surface area contributed by atoms with Crippen molar-refractivity contribution < 1.29 is 14.6 Å². The number of phenolic OH excluding ortho intramolecular Hbond substituents is 1. The maximum Gasteiger partial charge on any atom is 0.223 e. The number of carbonyl (C=O) groups is 1. The molecule has 0 radical (unpaired) electrons. The quantitative estimate of drug-likeness (QED) is 0.867. The van der Waals surface area contributed by atoms with Crippen LogP contribution >= 0.6 is 0 Å². The highest BCUT2D eigenvalue weighted by Crippen LogP contribution is 2.24. The average molecular weight is 259 g/mol. The third kappa shape index (κ3) is 3.61. The van der Waals surface area contributed by atoms with E-state index < -0.39 is 0 Å². The smallest absolute Gasteiger partial charge is 0.223 e. The number of rotatable bonds is 5. The monoisotopic (exact) mass is 259 g/mol. The number of phenols is 1. The third-order valence-electron chi connectivity index (χ3n) is 2.77. The number of hydrogen-bond donors (Lipinski definition) is 2. The lowest BCUT2D eigenvalue weighted by Gasteiger charge is -2.07. The fourth-order valence-corrected chi connectivity index (χ4v) is 1.85. The second-order valence-electron chi connectivity index (χ2n) is 4.25. The van der Waals surface area contributed by atoms with E-state index >= 15 is 0 Å². The summed E-state index contributed by atoms with van der Waals surface area (Å²) in [5.74, 6) is 0.912. The van der Waals surface area contributed by atoms with Crippen molar-refractivity contribution in [3.05, 3.63) is 36.4 Å². The summed E-state index contributed by atoms with van der Waals surface area (Å²) in [5, 5.41) is 14.1. The van der Waals surface area contributed by atoms with Gasteiger partial charge >= 0.3 is 0 Å². The zero-order valence-electron chi connectivity index (χ0n) is 10.8. The molecule has 100 valence electrons. The van der Waals surface area contributed by atoms with E-state index in [-0.39, 0.29) is 11.7 Å². The number of ether oxygens (including phenoxy) is 1. The van der Waals surface area contributed by atoms with Crippen LogP contribution in [-0.4, -0.2) is 24.2 Å². The second kappa shape index (κ2) is 6.09. The number of aromatic hydroxyl groups is 1. The van der Waals surface area contributed by atoms with Gasteiger partial charge in [-0.1, -0.05) is 12.1 Å². The van der Waals surface area contributed by atoms with Gasteiger partial charge in [0.1, 0.15) is 11.5 Å². The molecule has 19 heavy (non-hydrogen) atoms. The van der Waals surface area contributed by atoms with Crippen LogP contribution in [0.1, 0.15) is 13.3 Å². The number of fused-ring (bicyclic) bond motifs is 1. The van der Waals surface area contributed by atoms with Crippen LogP contribution in [0.5, 0.6) is 11.5 Å². The van der Waals surface area contributed by atoms with Crippen LogP contribution in [0, 0.1) is 0 Å². The van der Waals surface area contributed by atoms with Gasteiger partial charge in [0.2, 0.25) is 5.91 Å². The van der Waals surface area contributed by atoms with Crippen molar-refractivity contribution in [2.45, 2.75) is 13.3 Å². The molecule has 0 saturated carbocycles. The minimum atomic E-state index is -0.0130. The Balaban J connectivity index is 1.99. The molecule has 2 rings (SSSR count). The molecule has 0 fully saturated rings. The number of amides is 1. The molecular weight excluding hydrogens is 242 g/mol. The van der Waals surface area contributed by atoms with Gasteiger partial charge in [-0.25, -0.2) is 0 Å². The molecule has 2 aromatic carbocycles. The van der Waals surface area contributed by atoms with Crippen molar-refractivity contribution in [2.75, 3.05) is 13.2 Å². The Morgan fingerprint density at radius 1 is 1.21 bits per heavy atom. The average Bonchev–Trinajstić information content (AvgIpc) is 2.38. The van der Waals surface area contributed by atoms with Gasteiger partial charge in [0.15, 0.2) is 0 Å². The molecule has 0 heterocycles. The molecular formula is C15H17NO3. The summed E-state index contributed by atoms with van der Waals surface area (Å²) < 4.78 is 5.53. The lowest BCUT2D eigenvalue weighted by atomic mass is 10.1. The number of hydrogen-bond acceptors (Lipinski definition) is 3. The largest absolute Gasteiger partial charge is 0.508 e. The minimum absolute atomic E-state index is 0.0130. The number of carbonyl (C=O) groups excluding carboxylic acids is 1. The summed E-state index contributed by atoms with van der Waals surface area (Å²) in [5.41, 5.74) is 0. The van der Waals surface area contributed by atoms with Crippen molar-refractivity contribution >= 4 is 16.7 Å². The van der Waals surface area contributed by atoms with E-state index in [1.54, 1.807) is 12.1 Å². The molecule has 4 nitrogen and oxygen atoms in total. The van der Waals surface area contributed by atoms with Crippen LogP contribution in [0.15, 0.2) is 36.4 Å². The van der Waals surface area contributed by atoms with Gasteiger partial charge in [-0.2, -0.15) is 0 Å². The van der Waals surface area contributed by atoms with E-state index in [9.17, 15) is 9.90 Å². The van der Waals surface area contributed by atoms with Gasteiger partial charge in [0.25, 0.3) is 0 Å². The Hall–Kier alpha value is -2.23. The summed E-state index contributed by atoms with van der Waals surface area (Å²) in [4.78, 5) is 11.3. The molecule has 0 atom stereocenters. The zero-order valence-corrected chi connectivity index (χ0v) is 10.8. The molecule has 0 aliphatic rings. The number of nitrogens with one attached hydrogen (secondary N) is 1. The molecule has 0 aliphatic carbocycles. The molecule has 0 spiro atoms. The summed E-state index contributed by atoms with van der Waals surface area (Å²) in [6, 6.07) is 10.8. The van der Waals surface area contributed by atoms with Crippen molar-refractivity contribution in [1.82, 2.24) is 5.32 Å². The van der Waals surface area contributed by atoms with E-state index in [4.69, 9.17) is 4.74 Å². The summed E-state index contributed by atoms with van der Waals surface area (Å²) >= 11 is 0. The highest BCUT2D eigenvalue weighted by atomic mass is 16.5.